The maximum Gasteiger partial charge on any atom is 0.188 e. The highest BCUT2D eigenvalue weighted by Crippen LogP contribution is 2.13. The normalized spacial score (nSPS) is 10.0. The van der Waals surface area contributed by atoms with Gasteiger partial charge in [0.2, 0.25) is 0 Å². The van der Waals surface area contributed by atoms with Crippen LogP contribution in [0.3, 0.4) is 0 Å². The highest BCUT2D eigenvalue weighted by atomic mass is 16.7. The lowest BCUT2D eigenvalue weighted by atomic mass is 10.1. The number of Topliss-reactive ketones (excluding diaryl/α,β-unsaturated/α-hetero) is 1. The van der Waals surface area contributed by atoms with Crippen LogP contribution in [0.1, 0.15) is 18.9 Å². The fourth-order valence-corrected chi connectivity index (χ4v) is 1.20. The molecule has 0 radical (unpaired) electrons. The number of ketones is 1. The second-order valence-electron chi connectivity index (χ2n) is 3.40. The highest BCUT2D eigenvalue weighted by Gasteiger charge is 1.97. The van der Waals surface area contributed by atoms with E-state index in [1.54, 1.807) is 14.0 Å². The summed E-state index contributed by atoms with van der Waals surface area (Å²) in [6.45, 7) is 1.86. The molecular formula is C12H16O3. The number of methoxy groups -OCH3 is 1. The molecule has 0 saturated carbocycles. The number of carbonyl (C=O) groups is 1. The predicted octanol–water partition coefficient (Wildman–Crippen LogP) is 2.19. The van der Waals surface area contributed by atoms with E-state index in [-0.39, 0.29) is 12.6 Å². The maximum absolute atomic E-state index is 10.8. The lowest BCUT2D eigenvalue weighted by Gasteiger charge is -2.05. The summed E-state index contributed by atoms with van der Waals surface area (Å²) in [6, 6.07) is 7.70. The van der Waals surface area contributed by atoms with Gasteiger partial charge >= 0.3 is 0 Å². The lowest BCUT2D eigenvalue weighted by molar-refractivity contribution is -0.116. The molecule has 3 nitrogen and oxygen atoms in total. The first-order chi connectivity index (χ1) is 7.22. The molecule has 0 unspecified atom stereocenters. The summed E-state index contributed by atoms with van der Waals surface area (Å²) >= 11 is 0. The maximum atomic E-state index is 10.8. The van der Waals surface area contributed by atoms with Crippen molar-refractivity contribution < 1.29 is 14.3 Å². The molecule has 0 saturated heterocycles. The SMILES string of the molecule is COCOc1ccc(CCC(C)=O)cc1. The molecule has 0 fully saturated rings. The van der Waals surface area contributed by atoms with E-state index in [1.807, 2.05) is 24.3 Å². The molecular weight excluding hydrogens is 192 g/mol. The van der Waals surface area contributed by atoms with E-state index < -0.39 is 0 Å². The van der Waals surface area contributed by atoms with E-state index in [0.29, 0.717) is 6.42 Å². The van der Waals surface area contributed by atoms with E-state index in [9.17, 15) is 4.79 Å². The van der Waals surface area contributed by atoms with Crippen LogP contribution in [0, 0.1) is 0 Å². The molecule has 0 heterocycles. The van der Waals surface area contributed by atoms with Gasteiger partial charge in [0, 0.05) is 13.5 Å². The first-order valence-electron chi connectivity index (χ1n) is 4.92. The minimum absolute atomic E-state index is 0.217. The Morgan fingerprint density at radius 3 is 2.47 bits per heavy atom. The monoisotopic (exact) mass is 208 g/mol. The molecule has 0 aliphatic carbocycles. The van der Waals surface area contributed by atoms with Crippen LogP contribution in [-0.2, 0) is 16.0 Å². The van der Waals surface area contributed by atoms with E-state index in [0.717, 1.165) is 17.7 Å². The fraction of sp³-hybridized carbons (Fsp3) is 0.417. The van der Waals surface area contributed by atoms with E-state index in [4.69, 9.17) is 9.47 Å². The first kappa shape index (κ1) is 11.7. The van der Waals surface area contributed by atoms with Gasteiger partial charge in [0.1, 0.15) is 11.5 Å². The Labute approximate surface area is 90.0 Å². The Morgan fingerprint density at radius 2 is 1.93 bits per heavy atom. The molecule has 0 aromatic heterocycles. The van der Waals surface area contributed by atoms with Crippen molar-refractivity contribution in [2.45, 2.75) is 19.8 Å². The predicted molar refractivity (Wildman–Crippen MR) is 57.9 cm³/mol. The van der Waals surface area contributed by atoms with Crippen molar-refractivity contribution in [2.75, 3.05) is 13.9 Å². The number of benzene rings is 1. The third kappa shape index (κ3) is 4.61. The summed E-state index contributed by atoms with van der Waals surface area (Å²) in [7, 11) is 1.58. The van der Waals surface area contributed by atoms with Crippen molar-refractivity contribution in [3.05, 3.63) is 29.8 Å². The fourth-order valence-electron chi connectivity index (χ4n) is 1.20. The van der Waals surface area contributed by atoms with Gasteiger partial charge in [0.15, 0.2) is 6.79 Å². The molecule has 1 aromatic carbocycles. The van der Waals surface area contributed by atoms with Gasteiger partial charge in [-0.15, -0.1) is 0 Å². The molecule has 0 atom stereocenters. The van der Waals surface area contributed by atoms with Crippen LogP contribution in [0.5, 0.6) is 5.75 Å². The molecule has 0 N–H and O–H groups in total. The summed E-state index contributed by atoms with van der Waals surface area (Å²) in [5, 5.41) is 0. The van der Waals surface area contributed by atoms with Crippen LogP contribution in [0.25, 0.3) is 0 Å². The van der Waals surface area contributed by atoms with Gasteiger partial charge in [-0.3, -0.25) is 0 Å². The smallest absolute Gasteiger partial charge is 0.188 e. The molecule has 0 spiro atoms. The number of carbonyl (C=O) groups excluding carboxylic acids is 1. The highest BCUT2D eigenvalue weighted by molar-refractivity contribution is 5.75. The standard InChI is InChI=1S/C12H16O3/c1-10(13)3-4-11-5-7-12(8-6-11)15-9-14-2/h5-8H,3-4,9H2,1-2H3. The number of ether oxygens (including phenoxy) is 2. The molecule has 1 rings (SSSR count). The van der Waals surface area contributed by atoms with Crippen molar-refractivity contribution in [3.63, 3.8) is 0 Å². The quantitative estimate of drug-likeness (QED) is 0.672. The molecule has 3 heteroatoms. The summed E-state index contributed by atoms with van der Waals surface area (Å²) < 4.78 is 10.0. The van der Waals surface area contributed by atoms with Crippen molar-refractivity contribution in [2.24, 2.45) is 0 Å². The largest absolute Gasteiger partial charge is 0.468 e. The second-order valence-corrected chi connectivity index (χ2v) is 3.40. The zero-order valence-corrected chi connectivity index (χ0v) is 9.16. The zero-order chi connectivity index (χ0) is 11.1. The number of hydrogen-bond acceptors (Lipinski definition) is 3. The molecule has 0 aliphatic heterocycles. The van der Waals surface area contributed by atoms with Crippen molar-refractivity contribution in [1.29, 1.82) is 0 Å². The van der Waals surface area contributed by atoms with Crippen LogP contribution in [-0.4, -0.2) is 19.7 Å². The van der Waals surface area contributed by atoms with Crippen LogP contribution in [0.15, 0.2) is 24.3 Å². The van der Waals surface area contributed by atoms with E-state index >= 15 is 0 Å². The van der Waals surface area contributed by atoms with Crippen molar-refractivity contribution in [3.8, 4) is 5.75 Å². The minimum atomic E-state index is 0.217. The Balaban J connectivity index is 2.45. The molecule has 15 heavy (non-hydrogen) atoms. The Kier molecular flexibility index (Phi) is 4.84. The Bertz CT molecular complexity index is 303. The zero-order valence-electron chi connectivity index (χ0n) is 9.16. The van der Waals surface area contributed by atoms with Crippen LogP contribution in [0.2, 0.25) is 0 Å². The van der Waals surface area contributed by atoms with Crippen LogP contribution < -0.4 is 4.74 Å². The molecule has 0 bridgehead atoms. The van der Waals surface area contributed by atoms with Gasteiger partial charge in [-0.05, 0) is 31.0 Å². The van der Waals surface area contributed by atoms with E-state index in [1.165, 1.54) is 0 Å². The molecule has 0 amide bonds. The number of aryl methyl sites for hydroxylation is 1. The number of rotatable bonds is 6. The Hall–Kier alpha value is -1.35. The molecule has 1 aromatic rings. The molecule has 0 aliphatic rings. The minimum Gasteiger partial charge on any atom is -0.468 e. The van der Waals surface area contributed by atoms with Gasteiger partial charge in [-0.1, -0.05) is 12.1 Å². The van der Waals surface area contributed by atoms with Gasteiger partial charge in [-0.25, -0.2) is 0 Å². The van der Waals surface area contributed by atoms with Crippen LogP contribution in [0.4, 0.5) is 0 Å². The van der Waals surface area contributed by atoms with Gasteiger partial charge in [0.05, 0.1) is 0 Å². The second kappa shape index (κ2) is 6.19. The average molecular weight is 208 g/mol. The third-order valence-electron chi connectivity index (χ3n) is 2.03. The van der Waals surface area contributed by atoms with Gasteiger partial charge < -0.3 is 14.3 Å². The number of hydrogen-bond donors (Lipinski definition) is 0. The van der Waals surface area contributed by atoms with Crippen molar-refractivity contribution >= 4 is 5.78 Å². The van der Waals surface area contributed by atoms with E-state index in [2.05, 4.69) is 0 Å². The lowest BCUT2D eigenvalue weighted by Crippen LogP contribution is -1.99. The van der Waals surface area contributed by atoms with Crippen LogP contribution >= 0.6 is 0 Å². The summed E-state index contributed by atoms with van der Waals surface area (Å²) in [4.78, 5) is 10.8. The summed E-state index contributed by atoms with van der Waals surface area (Å²) in [5.41, 5.74) is 1.15. The molecule has 82 valence electrons. The topological polar surface area (TPSA) is 35.5 Å². The van der Waals surface area contributed by atoms with Crippen molar-refractivity contribution in [1.82, 2.24) is 0 Å². The van der Waals surface area contributed by atoms with Gasteiger partial charge in [0.25, 0.3) is 0 Å². The first-order valence-corrected chi connectivity index (χ1v) is 4.92. The average Bonchev–Trinajstić information content (AvgIpc) is 2.25. The summed E-state index contributed by atoms with van der Waals surface area (Å²) in [5.74, 6) is 0.998. The summed E-state index contributed by atoms with van der Waals surface area (Å²) in [6.07, 6.45) is 1.39. The third-order valence-corrected chi connectivity index (χ3v) is 2.03. The Morgan fingerprint density at radius 1 is 1.27 bits per heavy atom. The van der Waals surface area contributed by atoms with Gasteiger partial charge in [-0.2, -0.15) is 0 Å².